The summed E-state index contributed by atoms with van der Waals surface area (Å²) < 4.78 is 18.7. The van der Waals surface area contributed by atoms with Crippen LogP contribution in [-0.4, -0.2) is 16.8 Å². The number of hydrogen-bond acceptors (Lipinski definition) is 5. The Labute approximate surface area is 140 Å². The second kappa shape index (κ2) is 6.21. The minimum absolute atomic E-state index is 0.0411. The molecule has 0 atom stereocenters. The van der Waals surface area contributed by atoms with Crippen molar-refractivity contribution in [3.8, 4) is 0 Å². The number of rotatable bonds is 3. The number of carbonyl (C=O) groups excluding carboxylic acids is 1. The molecule has 1 heterocycles. The van der Waals surface area contributed by atoms with Gasteiger partial charge in [-0.25, -0.2) is 14.2 Å². The summed E-state index contributed by atoms with van der Waals surface area (Å²) in [4.78, 5) is 26.1. The number of aliphatic imine (C=N–C) groups is 1. The maximum atomic E-state index is 13.7. The van der Waals surface area contributed by atoms with Crippen LogP contribution < -0.4 is 0 Å². The smallest absolute Gasteiger partial charge is 0.363 e. The molecule has 120 valence electrons. The topological polar surface area (TPSA) is 81.8 Å². The van der Waals surface area contributed by atoms with Crippen LogP contribution in [0, 0.1) is 15.9 Å². The summed E-state index contributed by atoms with van der Waals surface area (Å²) in [5.74, 6) is -1.56. The monoisotopic (exact) mass is 346 g/mol. The highest BCUT2D eigenvalue weighted by Gasteiger charge is 2.26. The molecule has 1 aliphatic heterocycles. The van der Waals surface area contributed by atoms with Crippen molar-refractivity contribution in [2.75, 3.05) is 0 Å². The highest BCUT2D eigenvalue weighted by Crippen LogP contribution is 2.27. The molecular formula is C16H8ClFN2O4. The van der Waals surface area contributed by atoms with E-state index in [0.29, 0.717) is 0 Å². The second-order valence-corrected chi connectivity index (χ2v) is 5.19. The van der Waals surface area contributed by atoms with Crippen molar-refractivity contribution in [1.82, 2.24) is 0 Å². The van der Waals surface area contributed by atoms with Gasteiger partial charge in [0.25, 0.3) is 5.69 Å². The van der Waals surface area contributed by atoms with Gasteiger partial charge < -0.3 is 4.74 Å². The van der Waals surface area contributed by atoms with E-state index in [1.165, 1.54) is 42.5 Å². The number of carbonyl (C=O) groups is 1. The molecule has 0 aliphatic carbocycles. The van der Waals surface area contributed by atoms with Gasteiger partial charge in [0, 0.05) is 22.7 Å². The highest BCUT2D eigenvalue weighted by atomic mass is 35.5. The Hall–Kier alpha value is -3.06. The third-order valence-corrected chi connectivity index (χ3v) is 3.55. The number of ether oxygens (including phenoxy) is 1. The van der Waals surface area contributed by atoms with E-state index >= 15 is 0 Å². The fourth-order valence-corrected chi connectivity index (χ4v) is 2.23. The number of nitro benzene ring substituents is 1. The van der Waals surface area contributed by atoms with Gasteiger partial charge in [-0.1, -0.05) is 23.7 Å². The predicted octanol–water partition coefficient (Wildman–Crippen LogP) is 3.73. The van der Waals surface area contributed by atoms with E-state index in [9.17, 15) is 19.3 Å². The first-order valence-corrected chi connectivity index (χ1v) is 7.05. The standard InChI is InChI=1S/C16H8ClFN2O4/c17-12-6-5-10(20(22)23)7-9(12)8-14-16(21)24-15(19-14)11-3-1-2-4-13(11)18/h1-8H/b14-8-. The van der Waals surface area contributed by atoms with Crippen molar-refractivity contribution in [3.63, 3.8) is 0 Å². The number of hydrogen-bond donors (Lipinski definition) is 0. The Balaban J connectivity index is 2.02. The van der Waals surface area contributed by atoms with Crippen LogP contribution in [0.5, 0.6) is 0 Å². The molecule has 6 nitrogen and oxygen atoms in total. The molecule has 0 N–H and O–H groups in total. The zero-order valence-corrected chi connectivity index (χ0v) is 12.7. The second-order valence-electron chi connectivity index (χ2n) is 4.78. The summed E-state index contributed by atoms with van der Waals surface area (Å²) >= 11 is 5.98. The van der Waals surface area contributed by atoms with Gasteiger partial charge in [0.1, 0.15) is 5.82 Å². The maximum absolute atomic E-state index is 13.7. The van der Waals surface area contributed by atoms with Gasteiger partial charge >= 0.3 is 5.97 Å². The number of non-ortho nitro benzene ring substituents is 1. The molecule has 0 radical (unpaired) electrons. The average molecular weight is 347 g/mol. The Morgan fingerprint density at radius 1 is 1.25 bits per heavy atom. The summed E-state index contributed by atoms with van der Waals surface area (Å²) in [6.45, 7) is 0. The molecular weight excluding hydrogens is 339 g/mol. The number of halogens is 2. The van der Waals surface area contributed by atoms with E-state index in [-0.39, 0.29) is 33.4 Å². The Morgan fingerprint density at radius 3 is 2.71 bits per heavy atom. The minimum Gasteiger partial charge on any atom is -0.402 e. The Bertz CT molecular complexity index is 924. The van der Waals surface area contributed by atoms with Crippen molar-refractivity contribution in [1.29, 1.82) is 0 Å². The van der Waals surface area contributed by atoms with Crippen molar-refractivity contribution in [3.05, 3.63) is 80.2 Å². The highest BCUT2D eigenvalue weighted by molar-refractivity contribution is 6.32. The summed E-state index contributed by atoms with van der Waals surface area (Å²) in [7, 11) is 0. The first kappa shape index (κ1) is 15.8. The van der Waals surface area contributed by atoms with Crippen LogP contribution in [-0.2, 0) is 9.53 Å². The Kier molecular flexibility index (Phi) is 4.09. The molecule has 0 spiro atoms. The SMILES string of the molecule is O=C1OC(c2ccccc2F)=N/C1=C\c1cc([N+](=O)[O-])ccc1Cl. The van der Waals surface area contributed by atoms with Gasteiger partial charge in [0.05, 0.1) is 10.5 Å². The molecule has 2 aromatic carbocycles. The fourth-order valence-electron chi connectivity index (χ4n) is 2.06. The van der Waals surface area contributed by atoms with E-state index < -0.39 is 16.7 Å². The normalized spacial score (nSPS) is 15.3. The zero-order valence-electron chi connectivity index (χ0n) is 11.9. The minimum atomic E-state index is -0.796. The average Bonchev–Trinajstić information content (AvgIpc) is 2.90. The molecule has 0 bridgehead atoms. The van der Waals surface area contributed by atoms with Gasteiger partial charge in [-0.3, -0.25) is 10.1 Å². The summed E-state index contributed by atoms with van der Waals surface area (Å²) in [6.07, 6.45) is 1.26. The van der Waals surface area contributed by atoms with Crippen molar-refractivity contribution >= 4 is 35.2 Å². The van der Waals surface area contributed by atoms with Crippen LogP contribution in [0.3, 0.4) is 0 Å². The molecule has 24 heavy (non-hydrogen) atoms. The van der Waals surface area contributed by atoms with Gasteiger partial charge in [-0.2, -0.15) is 0 Å². The van der Waals surface area contributed by atoms with E-state index in [1.807, 2.05) is 0 Å². The molecule has 0 aromatic heterocycles. The van der Waals surface area contributed by atoms with E-state index in [2.05, 4.69) is 4.99 Å². The van der Waals surface area contributed by atoms with Gasteiger partial charge in [0.15, 0.2) is 5.70 Å². The maximum Gasteiger partial charge on any atom is 0.363 e. The van der Waals surface area contributed by atoms with E-state index in [0.717, 1.165) is 0 Å². The fraction of sp³-hybridized carbons (Fsp3) is 0. The van der Waals surface area contributed by atoms with Crippen LogP contribution in [0.1, 0.15) is 11.1 Å². The molecule has 1 aliphatic rings. The molecule has 0 amide bonds. The molecule has 0 unspecified atom stereocenters. The van der Waals surface area contributed by atoms with E-state index in [1.54, 1.807) is 6.07 Å². The largest absolute Gasteiger partial charge is 0.402 e. The molecule has 8 heteroatoms. The van der Waals surface area contributed by atoms with Crippen LogP contribution in [0.2, 0.25) is 5.02 Å². The van der Waals surface area contributed by atoms with Gasteiger partial charge in [-0.15, -0.1) is 0 Å². The lowest BCUT2D eigenvalue weighted by Crippen LogP contribution is -2.07. The molecule has 0 fully saturated rings. The summed E-state index contributed by atoms with van der Waals surface area (Å²) in [6, 6.07) is 9.50. The third kappa shape index (κ3) is 3.02. The number of esters is 1. The summed E-state index contributed by atoms with van der Waals surface area (Å²) in [5.41, 5.74) is -0.0395. The van der Waals surface area contributed by atoms with Gasteiger partial charge in [-0.05, 0) is 24.3 Å². The zero-order chi connectivity index (χ0) is 17.3. The van der Waals surface area contributed by atoms with Crippen LogP contribution in [0.15, 0.2) is 53.2 Å². The van der Waals surface area contributed by atoms with Crippen molar-refractivity contribution in [2.45, 2.75) is 0 Å². The number of cyclic esters (lactones) is 1. The summed E-state index contributed by atoms with van der Waals surface area (Å²) in [5, 5.41) is 11.0. The number of nitro groups is 1. The lowest BCUT2D eigenvalue weighted by molar-refractivity contribution is -0.384. The number of benzene rings is 2. The third-order valence-electron chi connectivity index (χ3n) is 3.21. The van der Waals surface area contributed by atoms with Crippen LogP contribution >= 0.6 is 11.6 Å². The molecule has 2 aromatic rings. The van der Waals surface area contributed by atoms with Crippen molar-refractivity contribution < 1.29 is 18.8 Å². The first-order chi connectivity index (χ1) is 11.5. The van der Waals surface area contributed by atoms with Crippen molar-refractivity contribution in [2.24, 2.45) is 4.99 Å². The van der Waals surface area contributed by atoms with Gasteiger partial charge in [0.2, 0.25) is 5.90 Å². The lowest BCUT2D eigenvalue weighted by atomic mass is 10.1. The molecule has 3 rings (SSSR count). The molecule has 0 saturated heterocycles. The number of nitrogens with zero attached hydrogens (tertiary/aromatic N) is 2. The van der Waals surface area contributed by atoms with Crippen LogP contribution in [0.25, 0.3) is 6.08 Å². The Morgan fingerprint density at radius 2 is 2.00 bits per heavy atom. The lowest BCUT2D eigenvalue weighted by Gasteiger charge is -1.99. The van der Waals surface area contributed by atoms with Crippen LogP contribution in [0.4, 0.5) is 10.1 Å². The van der Waals surface area contributed by atoms with E-state index in [4.69, 9.17) is 16.3 Å². The first-order valence-electron chi connectivity index (χ1n) is 6.67. The predicted molar refractivity (Wildman–Crippen MR) is 85.1 cm³/mol. The molecule has 0 saturated carbocycles. The quantitative estimate of drug-likeness (QED) is 0.367.